The molecule has 1 nitrogen and oxygen atoms in total. The van der Waals surface area contributed by atoms with Crippen LogP contribution >= 0.6 is 28.6 Å². The van der Waals surface area contributed by atoms with E-state index in [0.29, 0.717) is 0 Å². The number of hydrogen-bond donors (Lipinski definition) is 2. The second-order valence-electron chi connectivity index (χ2n) is 4.86. The molecular weight excluding hydrogens is 346 g/mol. The quantitative estimate of drug-likeness (QED) is 0.541. The highest BCUT2D eigenvalue weighted by Gasteiger charge is 2.37. The van der Waals surface area contributed by atoms with Gasteiger partial charge < -0.3 is 5.73 Å². The fourth-order valence-corrected chi connectivity index (χ4v) is 1.14. The number of halogens is 5. The smallest absolute Gasteiger partial charge is 0.316 e. The Balaban J connectivity index is 0.000000555. The first kappa shape index (κ1) is 18.7. The van der Waals surface area contributed by atoms with E-state index in [1.54, 1.807) is 0 Å². The molecule has 0 saturated heterocycles. The maximum absolute atomic E-state index is 12.9. The zero-order valence-corrected chi connectivity index (χ0v) is 13.2. The molecule has 0 spiro atoms. The van der Waals surface area contributed by atoms with Crippen LogP contribution in [0.1, 0.15) is 32.4 Å². The monoisotopic (exact) mass is 361 g/mol. The summed E-state index contributed by atoms with van der Waals surface area (Å²) < 4.78 is 49.5. The molecule has 7 heteroatoms. The van der Waals surface area contributed by atoms with E-state index in [-0.39, 0.29) is 14.8 Å². The minimum atomic E-state index is -4.56. The van der Waals surface area contributed by atoms with E-state index in [4.69, 9.17) is 5.73 Å². The molecule has 0 aliphatic heterocycles. The molecule has 2 N–H and O–H groups in total. The number of hydrogen-bond acceptors (Lipinski definition) is 2. The lowest BCUT2D eigenvalue weighted by molar-refractivity contribution is -0.149. The molecule has 110 valence electrons. The molecule has 0 unspecified atom stereocenters. The maximum atomic E-state index is 12.9. The molecule has 0 aliphatic carbocycles. The van der Waals surface area contributed by atoms with Gasteiger partial charge in [-0.3, -0.25) is 0 Å². The highest BCUT2D eigenvalue weighted by Crippen LogP contribution is 2.31. The van der Waals surface area contributed by atoms with E-state index in [1.165, 1.54) is 6.07 Å². The number of rotatable bonds is 1. The summed E-state index contributed by atoms with van der Waals surface area (Å²) in [6.07, 6.45) is -4.56. The van der Waals surface area contributed by atoms with Crippen LogP contribution < -0.4 is 5.73 Å². The largest absolute Gasteiger partial charge is 0.407 e. The van der Waals surface area contributed by atoms with Gasteiger partial charge in [-0.2, -0.15) is 25.8 Å². The van der Waals surface area contributed by atoms with E-state index in [0.717, 1.165) is 12.1 Å². The van der Waals surface area contributed by atoms with E-state index in [1.807, 2.05) is 0 Å². The Hall–Kier alpha value is -0.270. The molecule has 19 heavy (non-hydrogen) atoms. The summed E-state index contributed by atoms with van der Waals surface area (Å²) in [5, 5.41) is 0. The van der Waals surface area contributed by atoms with Crippen molar-refractivity contribution in [1.82, 2.24) is 0 Å². The predicted octanol–water partition coefficient (Wildman–Crippen LogP) is 4.87. The molecule has 0 heterocycles. The summed E-state index contributed by atoms with van der Waals surface area (Å²) in [6.45, 7) is 6.16. The Bertz CT molecular complexity index is 409. The van der Waals surface area contributed by atoms with Crippen molar-refractivity contribution in [3.63, 3.8) is 0 Å². The standard InChI is InChI=1S/C8H6BrF4N.C4H10S/c9-5-2-1-4(3-6(5)10)7(14)8(11,12)13;1-4(2,3)5/h1-3,7H,14H2;5H,1-3H3/t7-;/m0./s1. The number of benzene rings is 1. The van der Waals surface area contributed by atoms with Crippen molar-refractivity contribution in [2.24, 2.45) is 5.73 Å². The van der Waals surface area contributed by atoms with Crippen molar-refractivity contribution in [1.29, 1.82) is 0 Å². The lowest BCUT2D eigenvalue weighted by Crippen LogP contribution is -2.28. The minimum Gasteiger partial charge on any atom is -0.316 e. The minimum absolute atomic E-state index is 0.107. The van der Waals surface area contributed by atoms with Crippen LogP contribution in [0.5, 0.6) is 0 Å². The third kappa shape index (κ3) is 8.49. The van der Waals surface area contributed by atoms with Crippen LogP contribution in [0, 0.1) is 5.82 Å². The topological polar surface area (TPSA) is 26.0 Å². The van der Waals surface area contributed by atoms with Crippen LogP contribution in [0.3, 0.4) is 0 Å². The third-order valence-corrected chi connectivity index (χ3v) is 2.30. The summed E-state index contributed by atoms with van der Waals surface area (Å²) in [4.78, 5) is 0. The SMILES string of the molecule is CC(C)(C)S.N[C@@H](c1ccc(Br)c(F)c1)C(F)(F)F. The van der Waals surface area contributed by atoms with Gasteiger partial charge in [0.25, 0.3) is 0 Å². The Kier molecular flexibility index (Phi) is 6.85. The summed E-state index contributed by atoms with van der Waals surface area (Å²) in [5.41, 5.74) is 4.59. The van der Waals surface area contributed by atoms with Gasteiger partial charge in [0.1, 0.15) is 11.9 Å². The molecule has 0 radical (unpaired) electrons. The van der Waals surface area contributed by atoms with Gasteiger partial charge in [0.2, 0.25) is 0 Å². The van der Waals surface area contributed by atoms with Gasteiger partial charge in [-0.25, -0.2) is 4.39 Å². The molecule has 0 fully saturated rings. The summed E-state index contributed by atoms with van der Waals surface area (Å²) >= 11 is 6.95. The van der Waals surface area contributed by atoms with Crippen LogP contribution in [0.15, 0.2) is 22.7 Å². The van der Waals surface area contributed by atoms with Crippen molar-refractivity contribution >= 4 is 28.6 Å². The van der Waals surface area contributed by atoms with Gasteiger partial charge in [-0.1, -0.05) is 26.8 Å². The van der Waals surface area contributed by atoms with Gasteiger partial charge >= 0.3 is 6.18 Å². The normalized spacial score (nSPS) is 13.6. The van der Waals surface area contributed by atoms with E-state index in [9.17, 15) is 17.6 Å². The molecule has 0 aromatic heterocycles. The zero-order chi connectivity index (χ0) is 15.4. The molecule has 0 saturated carbocycles. The van der Waals surface area contributed by atoms with Crippen molar-refractivity contribution in [2.75, 3.05) is 0 Å². The molecule has 1 aromatic rings. The molecule has 1 aromatic carbocycles. The number of alkyl halides is 3. The van der Waals surface area contributed by atoms with Gasteiger partial charge in [-0.15, -0.1) is 0 Å². The van der Waals surface area contributed by atoms with Crippen LogP contribution in [-0.2, 0) is 0 Å². The number of thiol groups is 1. The first-order chi connectivity index (χ1) is 8.32. The second kappa shape index (κ2) is 6.95. The maximum Gasteiger partial charge on any atom is 0.407 e. The van der Waals surface area contributed by atoms with Gasteiger partial charge in [0.05, 0.1) is 4.47 Å². The van der Waals surface area contributed by atoms with Crippen LogP contribution in [-0.4, -0.2) is 10.9 Å². The van der Waals surface area contributed by atoms with E-state index < -0.39 is 18.0 Å². The summed E-state index contributed by atoms with van der Waals surface area (Å²) in [5.74, 6) is -0.762. The fourth-order valence-electron chi connectivity index (χ4n) is 0.895. The highest BCUT2D eigenvalue weighted by atomic mass is 79.9. The molecule has 1 atom stereocenters. The lowest BCUT2D eigenvalue weighted by Gasteiger charge is -2.15. The van der Waals surface area contributed by atoms with Crippen LogP contribution in [0.25, 0.3) is 0 Å². The summed E-state index contributed by atoms with van der Waals surface area (Å²) in [6, 6.07) is 0.939. The Morgan fingerprint density at radius 3 is 1.95 bits per heavy atom. The van der Waals surface area contributed by atoms with Crippen molar-refractivity contribution in [3.05, 3.63) is 34.1 Å². The molecule has 0 aliphatic rings. The average molecular weight is 362 g/mol. The van der Waals surface area contributed by atoms with E-state index in [2.05, 4.69) is 49.3 Å². The fraction of sp³-hybridized carbons (Fsp3) is 0.500. The molecule has 0 amide bonds. The highest BCUT2D eigenvalue weighted by molar-refractivity contribution is 9.10. The van der Waals surface area contributed by atoms with Gasteiger partial charge in [0, 0.05) is 4.75 Å². The summed E-state index contributed by atoms with van der Waals surface area (Å²) in [7, 11) is 0. The first-order valence-electron chi connectivity index (χ1n) is 5.32. The Morgan fingerprint density at radius 1 is 1.21 bits per heavy atom. The van der Waals surface area contributed by atoms with Gasteiger partial charge in [0.15, 0.2) is 0 Å². The van der Waals surface area contributed by atoms with Crippen LogP contribution in [0.2, 0.25) is 0 Å². The number of nitrogens with two attached hydrogens (primary N) is 1. The Labute approximate surface area is 124 Å². The molecule has 1 rings (SSSR count). The van der Waals surface area contributed by atoms with Gasteiger partial charge in [-0.05, 0) is 33.6 Å². The van der Waals surface area contributed by atoms with Crippen molar-refractivity contribution in [2.45, 2.75) is 37.7 Å². The van der Waals surface area contributed by atoms with E-state index >= 15 is 0 Å². The van der Waals surface area contributed by atoms with Crippen molar-refractivity contribution < 1.29 is 17.6 Å². The average Bonchev–Trinajstić information content (AvgIpc) is 2.17. The lowest BCUT2D eigenvalue weighted by atomic mass is 10.1. The third-order valence-electron chi connectivity index (χ3n) is 1.66. The van der Waals surface area contributed by atoms with Crippen LogP contribution in [0.4, 0.5) is 17.6 Å². The predicted molar refractivity (Wildman–Crippen MR) is 75.8 cm³/mol. The zero-order valence-electron chi connectivity index (χ0n) is 10.7. The first-order valence-corrected chi connectivity index (χ1v) is 6.56. The Morgan fingerprint density at radius 2 is 1.63 bits per heavy atom. The molecular formula is C12H16BrF4NS. The second-order valence-corrected chi connectivity index (χ2v) is 7.06. The molecule has 0 bridgehead atoms. The van der Waals surface area contributed by atoms with Crippen molar-refractivity contribution in [3.8, 4) is 0 Å².